The molecule has 2 aromatic heterocycles. The van der Waals surface area contributed by atoms with E-state index in [-0.39, 0.29) is 6.10 Å². The van der Waals surface area contributed by atoms with Crippen molar-refractivity contribution in [1.82, 2.24) is 14.7 Å². The number of likely N-dealkylation sites (N-methyl/N-ethyl adjacent to an activating group) is 1. The van der Waals surface area contributed by atoms with Crippen LogP contribution < -0.4 is 5.32 Å². The maximum absolute atomic E-state index is 5.49. The van der Waals surface area contributed by atoms with Gasteiger partial charge < -0.3 is 10.1 Å². The number of rotatable bonds is 6. The van der Waals surface area contributed by atoms with Crippen LogP contribution in [0.25, 0.3) is 4.96 Å². The molecule has 0 spiro atoms. The molecule has 94 valence electrons. The molecule has 2 aromatic rings. The molecule has 0 fully saturated rings. The molecule has 0 radical (unpaired) electrons. The quantitative estimate of drug-likeness (QED) is 0.855. The second-order valence-corrected chi connectivity index (χ2v) is 4.98. The van der Waals surface area contributed by atoms with Gasteiger partial charge in [0.2, 0.25) is 0 Å². The van der Waals surface area contributed by atoms with Crippen LogP contribution in [0.1, 0.15) is 19.0 Å². The monoisotopic (exact) mass is 253 g/mol. The highest BCUT2D eigenvalue weighted by Gasteiger charge is 2.19. The van der Waals surface area contributed by atoms with E-state index in [4.69, 9.17) is 4.74 Å². The lowest BCUT2D eigenvalue weighted by Crippen LogP contribution is -2.40. The van der Waals surface area contributed by atoms with Gasteiger partial charge >= 0.3 is 0 Å². The summed E-state index contributed by atoms with van der Waals surface area (Å²) in [4.78, 5) is 5.65. The molecule has 0 aliphatic rings. The Kier molecular flexibility index (Phi) is 4.15. The summed E-state index contributed by atoms with van der Waals surface area (Å²) in [6, 6.07) is 0.314. The van der Waals surface area contributed by atoms with Crippen LogP contribution in [0.15, 0.2) is 17.8 Å². The van der Waals surface area contributed by atoms with E-state index in [9.17, 15) is 0 Å². The summed E-state index contributed by atoms with van der Waals surface area (Å²) in [5, 5.41) is 5.37. The summed E-state index contributed by atoms with van der Waals surface area (Å²) in [6.07, 6.45) is 6.28. The van der Waals surface area contributed by atoms with Crippen molar-refractivity contribution in [3.8, 4) is 0 Å². The summed E-state index contributed by atoms with van der Waals surface area (Å²) >= 11 is 1.66. The van der Waals surface area contributed by atoms with Gasteiger partial charge in [-0.15, -0.1) is 11.3 Å². The second kappa shape index (κ2) is 5.62. The molecule has 0 amide bonds. The topological polar surface area (TPSA) is 38.6 Å². The smallest absolute Gasteiger partial charge is 0.193 e. The van der Waals surface area contributed by atoms with E-state index >= 15 is 0 Å². The molecule has 1 N–H and O–H groups in total. The van der Waals surface area contributed by atoms with Gasteiger partial charge in [-0.25, -0.2) is 4.98 Å². The fourth-order valence-electron chi connectivity index (χ4n) is 2.13. The molecule has 2 rings (SSSR count). The number of nitrogens with zero attached hydrogens (tertiary/aromatic N) is 2. The van der Waals surface area contributed by atoms with E-state index < -0.39 is 0 Å². The van der Waals surface area contributed by atoms with Crippen molar-refractivity contribution >= 4 is 16.3 Å². The van der Waals surface area contributed by atoms with Crippen LogP contribution in [0, 0.1) is 0 Å². The maximum atomic E-state index is 5.49. The average Bonchev–Trinajstić information content (AvgIpc) is 2.89. The first-order valence-electron chi connectivity index (χ1n) is 5.89. The van der Waals surface area contributed by atoms with E-state index in [1.807, 2.05) is 18.6 Å². The lowest BCUT2D eigenvalue weighted by atomic mass is 10.0. The predicted octanol–water partition coefficient (Wildman–Crippen LogP) is 1.95. The van der Waals surface area contributed by atoms with Gasteiger partial charge in [-0.2, -0.15) is 0 Å². The summed E-state index contributed by atoms with van der Waals surface area (Å²) in [5.41, 5.74) is 1.12. The predicted molar refractivity (Wildman–Crippen MR) is 70.7 cm³/mol. The van der Waals surface area contributed by atoms with Crippen LogP contribution >= 0.6 is 11.3 Å². The Labute approximate surface area is 106 Å². The van der Waals surface area contributed by atoms with E-state index in [0.717, 1.165) is 23.5 Å². The molecule has 0 aliphatic carbocycles. The highest BCUT2D eigenvalue weighted by atomic mass is 32.1. The third-order valence-corrected chi connectivity index (χ3v) is 3.87. The molecule has 0 aliphatic heterocycles. The molecule has 5 heteroatoms. The van der Waals surface area contributed by atoms with E-state index in [2.05, 4.69) is 27.8 Å². The first-order chi connectivity index (χ1) is 8.28. The number of fused-ring (bicyclic) bond motifs is 1. The fourth-order valence-corrected chi connectivity index (χ4v) is 2.85. The number of hydrogen-bond donors (Lipinski definition) is 1. The minimum atomic E-state index is 0.236. The molecule has 0 saturated carbocycles. The van der Waals surface area contributed by atoms with Crippen molar-refractivity contribution in [2.45, 2.75) is 31.9 Å². The molecular formula is C12H19N3OS. The largest absolute Gasteiger partial charge is 0.380 e. The lowest BCUT2D eigenvalue weighted by Gasteiger charge is -2.23. The van der Waals surface area contributed by atoms with Gasteiger partial charge in [-0.1, -0.05) is 6.92 Å². The SMILES string of the molecule is CCC(OC)C(Cc1cn2ccsc2n1)NC. The second-order valence-electron chi connectivity index (χ2n) is 4.11. The van der Waals surface area contributed by atoms with Crippen molar-refractivity contribution < 1.29 is 4.74 Å². The average molecular weight is 253 g/mol. The molecule has 2 heterocycles. The highest BCUT2D eigenvalue weighted by molar-refractivity contribution is 7.15. The maximum Gasteiger partial charge on any atom is 0.193 e. The van der Waals surface area contributed by atoms with Crippen molar-refractivity contribution in [1.29, 1.82) is 0 Å². The zero-order valence-electron chi connectivity index (χ0n) is 10.5. The van der Waals surface area contributed by atoms with Crippen molar-refractivity contribution in [2.24, 2.45) is 0 Å². The fraction of sp³-hybridized carbons (Fsp3) is 0.583. The summed E-state index contributed by atoms with van der Waals surface area (Å²) in [5.74, 6) is 0. The van der Waals surface area contributed by atoms with Gasteiger partial charge in [0.15, 0.2) is 4.96 Å². The van der Waals surface area contributed by atoms with Gasteiger partial charge in [-0.3, -0.25) is 4.40 Å². The number of thiazole rings is 1. The van der Waals surface area contributed by atoms with Crippen molar-refractivity contribution in [3.05, 3.63) is 23.5 Å². The Hall–Kier alpha value is -0.910. The van der Waals surface area contributed by atoms with Gasteiger partial charge in [0.1, 0.15) is 0 Å². The molecule has 0 saturated heterocycles. The number of aromatic nitrogens is 2. The minimum absolute atomic E-state index is 0.236. The van der Waals surface area contributed by atoms with Gasteiger partial charge in [0.05, 0.1) is 11.8 Å². The number of imidazole rings is 1. The van der Waals surface area contributed by atoms with Crippen LogP contribution in [0.3, 0.4) is 0 Å². The van der Waals surface area contributed by atoms with Crippen LogP contribution in [0.5, 0.6) is 0 Å². The normalized spacial score (nSPS) is 15.2. The minimum Gasteiger partial charge on any atom is -0.380 e. The lowest BCUT2D eigenvalue weighted by molar-refractivity contribution is 0.0675. The van der Waals surface area contributed by atoms with E-state index in [1.54, 1.807) is 18.4 Å². The first kappa shape index (κ1) is 12.5. The summed E-state index contributed by atoms with van der Waals surface area (Å²) < 4.78 is 7.56. The summed E-state index contributed by atoms with van der Waals surface area (Å²) in [6.45, 7) is 2.14. The van der Waals surface area contributed by atoms with Crippen LogP contribution in [0.2, 0.25) is 0 Å². The molecule has 2 unspecified atom stereocenters. The number of hydrogen-bond acceptors (Lipinski definition) is 4. The Morgan fingerprint density at radius 1 is 1.59 bits per heavy atom. The van der Waals surface area contributed by atoms with Gasteiger partial charge in [-0.05, 0) is 13.5 Å². The zero-order valence-corrected chi connectivity index (χ0v) is 11.3. The molecule has 17 heavy (non-hydrogen) atoms. The van der Waals surface area contributed by atoms with Crippen LogP contribution in [-0.2, 0) is 11.2 Å². The zero-order chi connectivity index (χ0) is 12.3. The Bertz CT molecular complexity index is 432. The van der Waals surface area contributed by atoms with E-state index in [1.165, 1.54) is 0 Å². The molecule has 0 bridgehead atoms. The van der Waals surface area contributed by atoms with E-state index in [0.29, 0.717) is 6.04 Å². The van der Waals surface area contributed by atoms with Gasteiger partial charge in [0.25, 0.3) is 0 Å². The van der Waals surface area contributed by atoms with Crippen LogP contribution in [-0.4, -0.2) is 35.7 Å². The third kappa shape index (κ3) is 2.68. The van der Waals surface area contributed by atoms with Gasteiger partial charge in [0, 0.05) is 37.3 Å². The molecule has 0 aromatic carbocycles. The molecular weight excluding hydrogens is 234 g/mol. The molecule has 4 nitrogen and oxygen atoms in total. The standard InChI is InChI=1S/C12H19N3OS/c1-4-11(16-3)10(13-2)7-9-8-15-5-6-17-12(15)14-9/h5-6,8,10-11,13H,4,7H2,1-3H3. The number of methoxy groups -OCH3 is 1. The Morgan fingerprint density at radius 2 is 2.41 bits per heavy atom. The molecule has 2 atom stereocenters. The number of nitrogens with one attached hydrogen (secondary N) is 1. The Balaban J connectivity index is 2.10. The van der Waals surface area contributed by atoms with Crippen molar-refractivity contribution in [2.75, 3.05) is 14.2 Å². The number of ether oxygens (including phenoxy) is 1. The van der Waals surface area contributed by atoms with Crippen LogP contribution in [0.4, 0.5) is 0 Å². The summed E-state index contributed by atoms with van der Waals surface area (Å²) in [7, 11) is 3.75. The first-order valence-corrected chi connectivity index (χ1v) is 6.77. The highest BCUT2D eigenvalue weighted by Crippen LogP contribution is 2.14. The van der Waals surface area contributed by atoms with Crippen molar-refractivity contribution in [3.63, 3.8) is 0 Å². The Morgan fingerprint density at radius 3 is 3.00 bits per heavy atom. The third-order valence-electron chi connectivity index (χ3n) is 3.10.